The van der Waals surface area contributed by atoms with E-state index in [1.54, 1.807) is 12.1 Å². The topological polar surface area (TPSA) is 57.2 Å². The van der Waals surface area contributed by atoms with Gasteiger partial charge in [-0.15, -0.1) is 0 Å². The minimum absolute atomic E-state index is 0. The van der Waals surface area contributed by atoms with E-state index in [0.717, 1.165) is 54.9 Å². The van der Waals surface area contributed by atoms with Gasteiger partial charge >= 0.3 is 51.4 Å². The van der Waals surface area contributed by atoms with Gasteiger partial charge in [0.15, 0.2) is 0 Å². The van der Waals surface area contributed by atoms with Gasteiger partial charge in [-0.25, -0.2) is 8.42 Å². The van der Waals surface area contributed by atoms with Crippen molar-refractivity contribution in [3.8, 4) is 0 Å². The Bertz CT molecular complexity index is 816. The van der Waals surface area contributed by atoms with Gasteiger partial charge in [-0.05, 0) is 59.7 Å². The van der Waals surface area contributed by atoms with Gasteiger partial charge in [0, 0.05) is 0 Å². The molecule has 3 nitrogen and oxygen atoms in total. The number of aryl methyl sites for hydroxylation is 2. The van der Waals surface area contributed by atoms with Crippen molar-refractivity contribution in [3.63, 3.8) is 0 Å². The molecule has 0 atom stereocenters. The van der Waals surface area contributed by atoms with E-state index >= 15 is 0 Å². The second-order valence-corrected chi connectivity index (χ2v) is 8.59. The SMILES string of the molecule is CCCCCCc1ccc2c(CCCCCC)cc(S(=O)(=O)[O-])cc2c1.[K+]. The fourth-order valence-electron chi connectivity index (χ4n) is 3.47. The molecule has 0 aliphatic rings. The predicted molar refractivity (Wildman–Crippen MR) is 108 cm³/mol. The Labute approximate surface area is 207 Å². The molecule has 0 saturated heterocycles. The van der Waals surface area contributed by atoms with E-state index in [2.05, 4.69) is 32.0 Å². The largest absolute Gasteiger partial charge is 1.00 e. The average Bonchev–Trinajstić information content (AvgIpc) is 2.61. The summed E-state index contributed by atoms with van der Waals surface area (Å²) in [5.74, 6) is 0. The second-order valence-electron chi connectivity index (χ2n) is 7.21. The van der Waals surface area contributed by atoms with Crippen LogP contribution in [0.4, 0.5) is 0 Å². The third-order valence-electron chi connectivity index (χ3n) is 4.98. The molecule has 0 aliphatic carbocycles. The van der Waals surface area contributed by atoms with Crippen LogP contribution >= 0.6 is 0 Å². The molecule has 0 saturated carbocycles. The first-order chi connectivity index (χ1) is 12.5. The van der Waals surface area contributed by atoms with E-state index in [4.69, 9.17) is 0 Å². The van der Waals surface area contributed by atoms with Gasteiger partial charge in [0.1, 0.15) is 10.1 Å². The molecular weight excluding hydrogens is 383 g/mol. The maximum Gasteiger partial charge on any atom is 1.00 e. The molecular formula is C22H31KO3S. The van der Waals surface area contributed by atoms with Gasteiger partial charge in [-0.1, -0.05) is 70.6 Å². The van der Waals surface area contributed by atoms with Crippen molar-refractivity contribution in [2.45, 2.75) is 83.0 Å². The number of hydrogen-bond donors (Lipinski definition) is 0. The second kappa shape index (κ2) is 12.7. The van der Waals surface area contributed by atoms with Crippen molar-refractivity contribution in [3.05, 3.63) is 41.5 Å². The smallest absolute Gasteiger partial charge is 0.744 e. The number of unbranched alkanes of at least 4 members (excludes halogenated alkanes) is 6. The van der Waals surface area contributed by atoms with Crippen LogP contribution in [-0.2, 0) is 23.0 Å². The zero-order chi connectivity index (χ0) is 19.0. The predicted octanol–water partition coefficient (Wildman–Crippen LogP) is 2.99. The standard InChI is InChI=1S/C22H32O3S.K/c1-3-5-7-9-11-18-13-14-22-19(12-10-8-6-4-2)16-21(26(23,24)25)17-20(22)15-18;/h13-17H,3-12H2,1-2H3,(H,23,24,25);/q;+1/p-1. The van der Waals surface area contributed by atoms with Crippen molar-refractivity contribution in [1.82, 2.24) is 0 Å². The summed E-state index contributed by atoms with van der Waals surface area (Å²) in [5, 5.41) is 1.95. The van der Waals surface area contributed by atoms with Crippen molar-refractivity contribution in [2.24, 2.45) is 0 Å². The van der Waals surface area contributed by atoms with Crippen LogP contribution in [0, 0.1) is 0 Å². The summed E-state index contributed by atoms with van der Waals surface area (Å²) in [6.07, 6.45) is 11.1. The summed E-state index contributed by atoms with van der Waals surface area (Å²) in [6.45, 7) is 4.37. The fourth-order valence-corrected chi connectivity index (χ4v) is 4.03. The van der Waals surface area contributed by atoms with Gasteiger partial charge in [0.05, 0.1) is 4.90 Å². The van der Waals surface area contributed by atoms with Crippen LogP contribution in [0.3, 0.4) is 0 Å². The molecule has 0 fully saturated rings. The quantitative estimate of drug-likeness (QED) is 0.323. The summed E-state index contributed by atoms with van der Waals surface area (Å²) in [7, 11) is -4.44. The molecule has 144 valence electrons. The first-order valence-corrected chi connectivity index (χ1v) is 11.4. The minimum Gasteiger partial charge on any atom is -0.744 e. The van der Waals surface area contributed by atoms with E-state index in [9.17, 15) is 13.0 Å². The first-order valence-electron chi connectivity index (χ1n) is 9.97. The van der Waals surface area contributed by atoms with Crippen LogP contribution in [0.1, 0.15) is 76.3 Å². The molecule has 5 heteroatoms. The van der Waals surface area contributed by atoms with Crippen molar-refractivity contribution < 1.29 is 64.4 Å². The third kappa shape index (κ3) is 8.25. The van der Waals surface area contributed by atoms with Crippen LogP contribution in [-0.4, -0.2) is 13.0 Å². The van der Waals surface area contributed by atoms with Crippen LogP contribution < -0.4 is 51.4 Å². The van der Waals surface area contributed by atoms with Gasteiger partial charge in [-0.3, -0.25) is 0 Å². The van der Waals surface area contributed by atoms with Crippen LogP contribution in [0.5, 0.6) is 0 Å². The molecule has 0 bridgehead atoms. The van der Waals surface area contributed by atoms with Crippen LogP contribution in [0.25, 0.3) is 10.8 Å². The van der Waals surface area contributed by atoms with Crippen molar-refractivity contribution in [1.29, 1.82) is 0 Å². The van der Waals surface area contributed by atoms with Gasteiger partial charge < -0.3 is 4.55 Å². The van der Waals surface area contributed by atoms with E-state index in [1.807, 2.05) is 0 Å². The molecule has 0 aromatic heterocycles. The van der Waals surface area contributed by atoms with E-state index in [0.29, 0.717) is 0 Å². The van der Waals surface area contributed by atoms with E-state index in [1.165, 1.54) is 31.2 Å². The van der Waals surface area contributed by atoms with E-state index < -0.39 is 10.1 Å². The molecule has 2 rings (SSSR count). The average molecular weight is 415 g/mol. The number of fused-ring (bicyclic) bond motifs is 1. The van der Waals surface area contributed by atoms with Crippen molar-refractivity contribution >= 4 is 20.9 Å². The van der Waals surface area contributed by atoms with Gasteiger partial charge in [0.25, 0.3) is 0 Å². The molecule has 2 aromatic carbocycles. The minimum atomic E-state index is -4.44. The molecule has 27 heavy (non-hydrogen) atoms. The first kappa shape index (κ1) is 25.3. The summed E-state index contributed by atoms with van der Waals surface area (Å²) in [6, 6.07) is 9.43. The molecule has 0 radical (unpaired) electrons. The summed E-state index contributed by atoms with van der Waals surface area (Å²) in [5.41, 5.74) is 2.19. The Morgan fingerprint density at radius 3 is 2.04 bits per heavy atom. The number of benzene rings is 2. The Hall–Kier alpha value is 0.246. The maximum absolute atomic E-state index is 11.6. The zero-order valence-corrected chi connectivity index (χ0v) is 21.0. The molecule has 0 heterocycles. The molecule has 0 N–H and O–H groups in total. The molecule has 2 aromatic rings. The number of hydrogen-bond acceptors (Lipinski definition) is 3. The fraction of sp³-hybridized carbons (Fsp3) is 0.545. The zero-order valence-electron chi connectivity index (χ0n) is 17.1. The molecule has 0 spiro atoms. The van der Waals surface area contributed by atoms with E-state index in [-0.39, 0.29) is 56.3 Å². The third-order valence-corrected chi connectivity index (χ3v) is 5.80. The molecule has 0 aliphatic heterocycles. The monoisotopic (exact) mass is 414 g/mol. The normalized spacial score (nSPS) is 11.5. The Balaban J connectivity index is 0.00000364. The van der Waals surface area contributed by atoms with Gasteiger partial charge in [0.2, 0.25) is 0 Å². The maximum atomic E-state index is 11.6. The molecule has 0 amide bonds. The Morgan fingerprint density at radius 2 is 1.44 bits per heavy atom. The summed E-state index contributed by atoms with van der Waals surface area (Å²) in [4.78, 5) is -0.0985. The molecule has 0 unspecified atom stereocenters. The Kier molecular flexibility index (Phi) is 11.9. The summed E-state index contributed by atoms with van der Waals surface area (Å²) < 4.78 is 34.7. The Morgan fingerprint density at radius 1 is 0.815 bits per heavy atom. The van der Waals surface area contributed by atoms with Gasteiger partial charge in [-0.2, -0.15) is 0 Å². The van der Waals surface area contributed by atoms with Crippen LogP contribution in [0.2, 0.25) is 0 Å². The van der Waals surface area contributed by atoms with Crippen molar-refractivity contribution in [2.75, 3.05) is 0 Å². The summed E-state index contributed by atoms with van der Waals surface area (Å²) >= 11 is 0. The van der Waals surface area contributed by atoms with Crippen LogP contribution in [0.15, 0.2) is 35.2 Å². The number of rotatable bonds is 11.